The summed E-state index contributed by atoms with van der Waals surface area (Å²) in [7, 11) is 2.19. The molecule has 2 atom stereocenters. The van der Waals surface area contributed by atoms with Gasteiger partial charge < -0.3 is 10.2 Å². The average molecular weight is 224 g/mol. The smallest absolute Gasteiger partial charge is 0.188 e. The van der Waals surface area contributed by atoms with E-state index in [2.05, 4.69) is 44.8 Å². The summed E-state index contributed by atoms with van der Waals surface area (Å²) in [6.45, 7) is 5.34. The molecule has 2 heterocycles. The fourth-order valence-corrected chi connectivity index (χ4v) is 2.29. The van der Waals surface area contributed by atoms with E-state index >= 15 is 0 Å². The highest BCUT2D eigenvalue weighted by Crippen LogP contribution is 2.18. The number of piperidine rings is 1. The van der Waals surface area contributed by atoms with Crippen molar-refractivity contribution < 1.29 is 0 Å². The molecule has 1 aliphatic heterocycles. The Hall–Kier alpha value is -1.01. The zero-order valence-electron chi connectivity index (χ0n) is 9.98. The highest BCUT2D eigenvalue weighted by atomic mass is 15.5. The fourth-order valence-electron chi connectivity index (χ4n) is 2.29. The lowest BCUT2D eigenvalue weighted by Crippen LogP contribution is -2.42. The number of aromatic amines is 1. The van der Waals surface area contributed by atoms with E-state index in [1.165, 1.54) is 25.9 Å². The van der Waals surface area contributed by atoms with Gasteiger partial charge in [0.05, 0.1) is 6.54 Å². The molecular weight excluding hydrogens is 204 g/mol. The van der Waals surface area contributed by atoms with Gasteiger partial charge in [0.25, 0.3) is 0 Å². The van der Waals surface area contributed by atoms with Gasteiger partial charge in [0, 0.05) is 12.6 Å². The van der Waals surface area contributed by atoms with Crippen LogP contribution < -0.4 is 5.32 Å². The summed E-state index contributed by atoms with van der Waals surface area (Å²) in [4.78, 5) is 2.40. The summed E-state index contributed by atoms with van der Waals surface area (Å²) < 4.78 is 0. The number of H-pyrrole nitrogens is 1. The van der Waals surface area contributed by atoms with Gasteiger partial charge in [0.15, 0.2) is 5.82 Å². The van der Waals surface area contributed by atoms with Gasteiger partial charge in [0.2, 0.25) is 0 Å². The fraction of sp³-hybridized carbons (Fsp3) is 0.900. The molecule has 2 N–H and O–H groups in total. The highest BCUT2D eigenvalue weighted by Gasteiger charge is 2.22. The normalized spacial score (nSPS) is 24.5. The van der Waals surface area contributed by atoms with Gasteiger partial charge in [-0.05, 0) is 39.3 Å². The lowest BCUT2D eigenvalue weighted by Gasteiger charge is -2.33. The van der Waals surface area contributed by atoms with Crippen molar-refractivity contribution >= 4 is 0 Å². The Morgan fingerprint density at radius 3 is 3.19 bits per heavy atom. The maximum atomic E-state index is 3.93. The molecule has 90 valence electrons. The summed E-state index contributed by atoms with van der Waals surface area (Å²) >= 11 is 0. The van der Waals surface area contributed by atoms with Crippen molar-refractivity contribution in [2.24, 2.45) is 5.92 Å². The molecule has 1 saturated heterocycles. The average Bonchev–Trinajstić information content (AvgIpc) is 2.78. The van der Waals surface area contributed by atoms with Crippen LogP contribution in [-0.2, 0) is 6.54 Å². The first-order valence-electron chi connectivity index (χ1n) is 5.90. The predicted octanol–water partition coefficient (Wildman–Crippen LogP) is 0.0196. The Balaban J connectivity index is 1.76. The number of hydrogen-bond donors (Lipinski definition) is 2. The lowest BCUT2D eigenvalue weighted by atomic mass is 9.92. The Morgan fingerprint density at radius 1 is 1.62 bits per heavy atom. The zero-order chi connectivity index (χ0) is 11.4. The lowest BCUT2D eigenvalue weighted by molar-refractivity contribution is 0.178. The second-order valence-corrected chi connectivity index (χ2v) is 4.66. The van der Waals surface area contributed by atoms with Crippen LogP contribution in [0.1, 0.15) is 25.6 Å². The molecule has 6 nitrogen and oxygen atoms in total. The van der Waals surface area contributed by atoms with Crippen molar-refractivity contribution in [3.05, 3.63) is 5.82 Å². The molecule has 2 rings (SSSR count). The maximum Gasteiger partial charge on any atom is 0.188 e. The van der Waals surface area contributed by atoms with Crippen molar-refractivity contribution in [1.29, 1.82) is 0 Å². The second kappa shape index (κ2) is 5.36. The minimum atomic E-state index is 0.501. The van der Waals surface area contributed by atoms with E-state index in [4.69, 9.17) is 0 Å². The van der Waals surface area contributed by atoms with Crippen LogP contribution in [-0.4, -0.2) is 51.7 Å². The third-order valence-corrected chi connectivity index (χ3v) is 3.34. The van der Waals surface area contributed by atoms with E-state index in [0.717, 1.165) is 11.7 Å². The molecule has 0 amide bonds. The van der Waals surface area contributed by atoms with Crippen LogP contribution in [0.15, 0.2) is 0 Å². The minimum Gasteiger partial charge on any atom is -0.307 e. The molecule has 1 aromatic heterocycles. The zero-order valence-corrected chi connectivity index (χ0v) is 9.98. The van der Waals surface area contributed by atoms with E-state index < -0.39 is 0 Å². The molecule has 0 spiro atoms. The summed E-state index contributed by atoms with van der Waals surface area (Å²) in [5, 5.41) is 17.3. The van der Waals surface area contributed by atoms with Crippen LogP contribution in [0.25, 0.3) is 0 Å². The molecule has 0 bridgehead atoms. The predicted molar refractivity (Wildman–Crippen MR) is 60.7 cm³/mol. The number of tetrazole rings is 1. The number of aromatic nitrogens is 4. The Kier molecular flexibility index (Phi) is 3.84. The third-order valence-electron chi connectivity index (χ3n) is 3.34. The Morgan fingerprint density at radius 2 is 2.50 bits per heavy atom. The first kappa shape index (κ1) is 11.5. The maximum absolute atomic E-state index is 3.93. The van der Waals surface area contributed by atoms with Crippen molar-refractivity contribution in [3.63, 3.8) is 0 Å². The van der Waals surface area contributed by atoms with Crippen LogP contribution in [0.2, 0.25) is 0 Å². The summed E-state index contributed by atoms with van der Waals surface area (Å²) in [6, 6.07) is 0.501. The van der Waals surface area contributed by atoms with Gasteiger partial charge in [-0.25, -0.2) is 0 Å². The number of rotatable bonds is 4. The third kappa shape index (κ3) is 2.99. The van der Waals surface area contributed by atoms with Gasteiger partial charge in [0.1, 0.15) is 0 Å². The van der Waals surface area contributed by atoms with Crippen molar-refractivity contribution in [2.75, 3.05) is 20.1 Å². The highest BCUT2D eigenvalue weighted by molar-refractivity contribution is 4.82. The molecule has 0 aromatic carbocycles. The van der Waals surface area contributed by atoms with E-state index in [0.29, 0.717) is 12.6 Å². The molecule has 1 fully saturated rings. The van der Waals surface area contributed by atoms with Crippen LogP contribution in [0.5, 0.6) is 0 Å². The standard InChI is InChI=1S/C10H20N6/c1-8(9-4-3-5-16(2)7-9)11-6-10-12-14-15-13-10/h8-9,11H,3-7H2,1-2H3,(H,12,13,14,15). The Labute approximate surface area is 95.8 Å². The first-order valence-corrected chi connectivity index (χ1v) is 5.90. The number of nitrogens with one attached hydrogen (secondary N) is 2. The number of likely N-dealkylation sites (tertiary alicyclic amines) is 1. The van der Waals surface area contributed by atoms with Crippen LogP contribution in [0.3, 0.4) is 0 Å². The van der Waals surface area contributed by atoms with Gasteiger partial charge in [-0.3, -0.25) is 0 Å². The minimum absolute atomic E-state index is 0.501. The van der Waals surface area contributed by atoms with Gasteiger partial charge in [-0.1, -0.05) is 5.21 Å². The van der Waals surface area contributed by atoms with Gasteiger partial charge in [-0.15, -0.1) is 10.2 Å². The van der Waals surface area contributed by atoms with E-state index in [1.54, 1.807) is 0 Å². The first-order chi connectivity index (χ1) is 7.75. The molecule has 1 aromatic rings. The van der Waals surface area contributed by atoms with Crippen molar-refractivity contribution in [2.45, 2.75) is 32.4 Å². The van der Waals surface area contributed by atoms with Crippen molar-refractivity contribution in [1.82, 2.24) is 30.8 Å². The largest absolute Gasteiger partial charge is 0.307 e. The quantitative estimate of drug-likeness (QED) is 0.754. The molecule has 0 radical (unpaired) electrons. The summed E-state index contributed by atoms with van der Waals surface area (Å²) in [5.74, 6) is 1.46. The molecule has 0 aliphatic carbocycles. The van der Waals surface area contributed by atoms with Crippen molar-refractivity contribution in [3.8, 4) is 0 Å². The van der Waals surface area contributed by atoms with E-state index in [1.807, 2.05) is 0 Å². The van der Waals surface area contributed by atoms with Crippen LogP contribution in [0, 0.1) is 5.92 Å². The summed E-state index contributed by atoms with van der Waals surface area (Å²) in [5.41, 5.74) is 0. The van der Waals surface area contributed by atoms with Crippen LogP contribution >= 0.6 is 0 Å². The van der Waals surface area contributed by atoms with Gasteiger partial charge in [-0.2, -0.15) is 5.21 Å². The molecule has 2 unspecified atom stereocenters. The van der Waals surface area contributed by atoms with E-state index in [9.17, 15) is 0 Å². The SMILES string of the molecule is CC(NCc1nn[nH]n1)C1CCCN(C)C1. The van der Waals surface area contributed by atoms with Crippen LogP contribution in [0.4, 0.5) is 0 Å². The van der Waals surface area contributed by atoms with Gasteiger partial charge >= 0.3 is 0 Å². The monoisotopic (exact) mass is 224 g/mol. The number of nitrogens with zero attached hydrogens (tertiary/aromatic N) is 4. The second-order valence-electron chi connectivity index (χ2n) is 4.66. The molecule has 1 aliphatic rings. The topological polar surface area (TPSA) is 69.7 Å². The molecule has 16 heavy (non-hydrogen) atoms. The van der Waals surface area contributed by atoms with E-state index in [-0.39, 0.29) is 0 Å². The molecule has 0 saturated carbocycles. The summed E-state index contributed by atoms with van der Waals surface area (Å²) in [6.07, 6.45) is 2.61. The molecule has 6 heteroatoms. The Bertz CT molecular complexity index is 298. The number of hydrogen-bond acceptors (Lipinski definition) is 5. The molecular formula is C10H20N6.